The van der Waals surface area contributed by atoms with Gasteiger partial charge in [-0.1, -0.05) is 48.0 Å². The summed E-state index contributed by atoms with van der Waals surface area (Å²) in [4.78, 5) is 0. The molecule has 2 aromatic carbocycles. The second-order valence-electron chi connectivity index (χ2n) is 3.99. The van der Waals surface area contributed by atoms with Crippen molar-refractivity contribution in [3.8, 4) is 17.6 Å². The minimum Gasteiger partial charge on any atom is -0.457 e. The molecular weight excluding hydrogens is 314 g/mol. The van der Waals surface area contributed by atoms with Crippen molar-refractivity contribution in [2.24, 2.45) is 0 Å². The molecule has 0 aliphatic rings. The minimum atomic E-state index is 0.398. The van der Waals surface area contributed by atoms with Crippen molar-refractivity contribution in [1.29, 1.82) is 5.26 Å². The molecule has 0 atom stereocenters. The topological polar surface area (TPSA) is 33.0 Å². The fraction of sp³-hybridized carbons (Fsp3) is 0.235. The smallest absolute Gasteiger partial charge is 0.130 e. The van der Waals surface area contributed by atoms with Crippen LogP contribution in [0.1, 0.15) is 25.0 Å². The monoisotopic (exact) mass is 331 g/mol. The molecule has 2 rings (SSSR count). The third kappa shape index (κ3) is 4.71. The van der Waals surface area contributed by atoms with E-state index in [1.807, 2.05) is 63.2 Å². The zero-order valence-electron chi connectivity index (χ0n) is 12.0. The first-order chi connectivity index (χ1) is 9.69. The van der Waals surface area contributed by atoms with Crippen LogP contribution in [0.2, 0.25) is 0 Å². The summed E-state index contributed by atoms with van der Waals surface area (Å²) in [5.41, 5.74) is 2.02. The minimum absolute atomic E-state index is 0.398. The van der Waals surface area contributed by atoms with E-state index in [1.165, 1.54) is 0 Å². The number of nitriles is 1. The van der Waals surface area contributed by atoms with Crippen molar-refractivity contribution in [3.63, 3.8) is 0 Å². The van der Waals surface area contributed by atoms with Gasteiger partial charge in [-0.15, -0.1) is 0 Å². The lowest BCUT2D eigenvalue weighted by atomic mass is 10.1. The van der Waals surface area contributed by atoms with Crippen LogP contribution < -0.4 is 4.74 Å². The van der Waals surface area contributed by atoms with Crippen molar-refractivity contribution in [3.05, 3.63) is 58.1 Å². The molecule has 0 aromatic heterocycles. The van der Waals surface area contributed by atoms with Crippen LogP contribution in [0, 0.1) is 18.3 Å². The zero-order chi connectivity index (χ0) is 15.0. The van der Waals surface area contributed by atoms with E-state index in [-0.39, 0.29) is 0 Å². The normalized spacial score (nSPS) is 9.15. The zero-order valence-corrected chi connectivity index (χ0v) is 13.6. The summed E-state index contributed by atoms with van der Waals surface area (Å²) in [6, 6.07) is 15.7. The Morgan fingerprint density at radius 3 is 2.55 bits per heavy atom. The van der Waals surface area contributed by atoms with Crippen LogP contribution in [0.15, 0.2) is 46.9 Å². The first-order valence-corrected chi connectivity index (χ1v) is 7.38. The summed E-state index contributed by atoms with van der Waals surface area (Å²) in [6.45, 7) is 5.99. The molecule has 0 aliphatic heterocycles. The molecule has 0 saturated heterocycles. The second-order valence-corrected chi connectivity index (χ2v) is 4.91. The van der Waals surface area contributed by atoms with Gasteiger partial charge in [0.2, 0.25) is 0 Å². The molecule has 0 N–H and O–H groups in total. The number of benzene rings is 2. The summed E-state index contributed by atoms with van der Waals surface area (Å²) in [6.07, 6.45) is 0.398. The average Bonchev–Trinajstić information content (AvgIpc) is 2.45. The number of ether oxygens (including phenoxy) is 1. The van der Waals surface area contributed by atoms with Gasteiger partial charge in [0.1, 0.15) is 11.5 Å². The largest absolute Gasteiger partial charge is 0.457 e. The Labute approximate surface area is 129 Å². The average molecular weight is 332 g/mol. The van der Waals surface area contributed by atoms with E-state index >= 15 is 0 Å². The molecular formula is C17H18BrNO. The molecule has 0 saturated carbocycles. The van der Waals surface area contributed by atoms with Gasteiger partial charge in [-0.2, -0.15) is 5.26 Å². The number of halogens is 1. The number of nitrogens with zero attached hydrogens (tertiary/aromatic N) is 1. The summed E-state index contributed by atoms with van der Waals surface area (Å²) in [7, 11) is 0. The number of hydrogen-bond acceptors (Lipinski definition) is 2. The van der Waals surface area contributed by atoms with E-state index < -0.39 is 0 Å². The Morgan fingerprint density at radius 1 is 1.15 bits per heavy atom. The lowest BCUT2D eigenvalue weighted by Crippen LogP contribution is -1.90. The molecule has 2 aromatic rings. The summed E-state index contributed by atoms with van der Waals surface area (Å²) < 4.78 is 6.82. The molecule has 104 valence electrons. The molecule has 0 amide bonds. The number of rotatable bonds is 3. The predicted octanol–water partition coefficient (Wildman–Crippen LogP) is 5.64. The SMILES string of the molecule is CC.Cc1ccc(CC#N)cc1Oc1cccc(Br)c1. The van der Waals surface area contributed by atoms with Gasteiger partial charge in [0, 0.05) is 4.47 Å². The fourth-order valence-corrected chi connectivity index (χ4v) is 1.99. The van der Waals surface area contributed by atoms with E-state index in [1.54, 1.807) is 0 Å². The number of hydrogen-bond donors (Lipinski definition) is 0. The Kier molecular flexibility index (Phi) is 6.83. The Balaban J connectivity index is 0.000000956. The molecule has 0 unspecified atom stereocenters. The van der Waals surface area contributed by atoms with Crippen molar-refractivity contribution >= 4 is 15.9 Å². The van der Waals surface area contributed by atoms with Gasteiger partial charge >= 0.3 is 0 Å². The van der Waals surface area contributed by atoms with Crippen LogP contribution in [-0.4, -0.2) is 0 Å². The van der Waals surface area contributed by atoms with Gasteiger partial charge in [0.15, 0.2) is 0 Å². The third-order valence-corrected chi connectivity index (χ3v) is 3.05. The Morgan fingerprint density at radius 2 is 1.90 bits per heavy atom. The van der Waals surface area contributed by atoms with Crippen molar-refractivity contribution < 1.29 is 4.74 Å². The first kappa shape index (κ1) is 16.3. The van der Waals surface area contributed by atoms with E-state index in [2.05, 4.69) is 22.0 Å². The van der Waals surface area contributed by atoms with Gasteiger partial charge in [-0.05, 0) is 42.3 Å². The molecule has 2 nitrogen and oxygen atoms in total. The highest BCUT2D eigenvalue weighted by atomic mass is 79.9. The Bertz CT molecular complexity index is 602. The van der Waals surface area contributed by atoms with Crippen LogP contribution >= 0.6 is 15.9 Å². The molecule has 0 bridgehead atoms. The van der Waals surface area contributed by atoms with Crippen molar-refractivity contribution in [1.82, 2.24) is 0 Å². The third-order valence-electron chi connectivity index (χ3n) is 2.56. The van der Waals surface area contributed by atoms with Crippen molar-refractivity contribution in [2.45, 2.75) is 27.2 Å². The maximum absolute atomic E-state index is 8.71. The van der Waals surface area contributed by atoms with Crippen LogP contribution in [0.5, 0.6) is 11.5 Å². The molecule has 0 radical (unpaired) electrons. The lowest BCUT2D eigenvalue weighted by Gasteiger charge is -2.10. The highest BCUT2D eigenvalue weighted by Crippen LogP contribution is 2.28. The predicted molar refractivity (Wildman–Crippen MR) is 86.1 cm³/mol. The first-order valence-electron chi connectivity index (χ1n) is 6.59. The highest BCUT2D eigenvalue weighted by Gasteiger charge is 2.03. The maximum Gasteiger partial charge on any atom is 0.130 e. The van der Waals surface area contributed by atoms with Gasteiger partial charge in [-0.3, -0.25) is 0 Å². The number of aryl methyl sites for hydroxylation is 1. The fourth-order valence-electron chi connectivity index (χ4n) is 1.61. The molecule has 0 fully saturated rings. The van der Waals surface area contributed by atoms with E-state index in [0.717, 1.165) is 27.1 Å². The summed E-state index contributed by atoms with van der Waals surface area (Å²) >= 11 is 3.41. The van der Waals surface area contributed by atoms with Crippen LogP contribution in [-0.2, 0) is 6.42 Å². The van der Waals surface area contributed by atoms with Gasteiger partial charge < -0.3 is 4.74 Å². The molecule has 0 aliphatic carbocycles. The van der Waals surface area contributed by atoms with Crippen LogP contribution in [0.25, 0.3) is 0 Å². The van der Waals surface area contributed by atoms with E-state index in [0.29, 0.717) is 6.42 Å². The van der Waals surface area contributed by atoms with Crippen LogP contribution in [0.3, 0.4) is 0 Å². The summed E-state index contributed by atoms with van der Waals surface area (Å²) in [5, 5.41) is 8.71. The Hall–Kier alpha value is -1.79. The second kappa shape index (κ2) is 8.39. The quantitative estimate of drug-likeness (QED) is 0.728. The van der Waals surface area contributed by atoms with E-state index in [4.69, 9.17) is 10.00 Å². The highest BCUT2D eigenvalue weighted by molar-refractivity contribution is 9.10. The molecule has 0 spiro atoms. The van der Waals surface area contributed by atoms with E-state index in [9.17, 15) is 0 Å². The van der Waals surface area contributed by atoms with Gasteiger partial charge in [0.05, 0.1) is 12.5 Å². The molecule has 0 heterocycles. The van der Waals surface area contributed by atoms with Gasteiger partial charge in [-0.25, -0.2) is 0 Å². The van der Waals surface area contributed by atoms with Gasteiger partial charge in [0.25, 0.3) is 0 Å². The maximum atomic E-state index is 8.71. The summed E-state index contributed by atoms with van der Waals surface area (Å²) in [5.74, 6) is 1.57. The van der Waals surface area contributed by atoms with Crippen molar-refractivity contribution in [2.75, 3.05) is 0 Å². The molecule has 3 heteroatoms. The standard InChI is InChI=1S/C15H12BrNO.C2H6/c1-11-5-6-12(7-8-17)9-15(11)18-14-4-2-3-13(16)10-14;1-2/h2-6,9-10H,7H2,1H3;1-2H3. The van der Waals surface area contributed by atoms with Crippen LogP contribution in [0.4, 0.5) is 0 Å². The lowest BCUT2D eigenvalue weighted by molar-refractivity contribution is 0.478. The molecule has 20 heavy (non-hydrogen) atoms.